The van der Waals surface area contributed by atoms with Crippen molar-refractivity contribution in [2.75, 3.05) is 11.9 Å². The standard InChI is InChI=1S/C21H15N3O3/c25-20-18(12-24-10-15-5-7-27-21(26)17(15)11-24)16-4-3-13(8-19(16)23-20)14-2-1-6-22-9-14/h1-4,6,8-12H,5,7H2,(H,23,25). The van der Waals surface area contributed by atoms with Gasteiger partial charge in [0.05, 0.1) is 17.7 Å². The maximum atomic E-state index is 12.5. The molecule has 27 heavy (non-hydrogen) atoms. The van der Waals surface area contributed by atoms with E-state index in [9.17, 15) is 9.59 Å². The highest BCUT2D eigenvalue weighted by atomic mass is 16.5. The number of rotatable bonds is 2. The quantitative estimate of drug-likeness (QED) is 0.565. The number of esters is 1. The van der Waals surface area contributed by atoms with Crippen LogP contribution in [0.3, 0.4) is 0 Å². The van der Waals surface area contributed by atoms with E-state index < -0.39 is 0 Å². The van der Waals surface area contributed by atoms with Crippen molar-refractivity contribution in [3.63, 3.8) is 0 Å². The Bertz CT molecular complexity index is 1110. The maximum Gasteiger partial charge on any atom is 0.339 e. The zero-order valence-electron chi connectivity index (χ0n) is 14.3. The predicted molar refractivity (Wildman–Crippen MR) is 101 cm³/mol. The van der Waals surface area contributed by atoms with Crippen molar-refractivity contribution in [1.29, 1.82) is 0 Å². The predicted octanol–water partition coefficient (Wildman–Crippen LogP) is 3.21. The monoisotopic (exact) mass is 357 g/mol. The molecule has 0 bridgehead atoms. The minimum atomic E-state index is -0.314. The van der Waals surface area contributed by atoms with Crippen LogP contribution < -0.4 is 5.32 Å². The van der Waals surface area contributed by atoms with Gasteiger partial charge in [0, 0.05) is 54.2 Å². The fourth-order valence-electron chi connectivity index (χ4n) is 3.49. The normalized spacial score (nSPS) is 16.7. The molecule has 0 saturated carbocycles. The van der Waals surface area contributed by atoms with Gasteiger partial charge in [-0.25, -0.2) is 4.79 Å². The molecule has 6 nitrogen and oxygen atoms in total. The second kappa shape index (κ2) is 5.95. The first-order valence-corrected chi connectivity index (χ1v) is 8.64. The summed E-state index contributed by atoms with van der Waals surface area (Å²) < 4.78 is 6.82. The number of aromatic nitrogens is 2. The molecule has 1 aromatic carbocycles. The van der Waals surface area contributed by atoms with Gasteiger partial charge in [0.15, 0.2) is 0 Å². The first-order chi connectivity index (χ1) is 13.2. The Hall–Kier alpha value is -3.67. The molecular weight excluding hydrogens is 342 g/mol. The molecule has 0 saturated heterocycles. The Labute approximate surface area is 155 Å². The average Bonchev–Trinajstić information content (AvgIpc) is 3.24. The third kappa shape index (κ3) is 2.62. The van der Waals surface area contributed by atoms with E-state index >= 15 is 0 Å². The molecule has 0 fully saturated rings. The second-order valence-electron chi connectivity index (χ2n) is 6.53. The fourth-order valence-corrected chi connectivity index (χ4v) is 3.49. The number of ether oxygens (including phenoxy) is 1. The molecule has 1 N–H and O–H groups in total. The zero-order chi connectivity index (χ0) is 18.4. The van der Waals surface area contributed by atoms with Crippen molar-refractivity contribution in [3.05, 3.63) is 71.8 Å². The lowest BCUT2D eigenvalue weighted by Gasteiger charge is -2.09. The lowest BCUT2D eigenvalue weighted by atomic mass is 10.0. The molecule has 6 heteroatoms. The number of nitrogens with one attached hydrogen (secondary N) is 1. The summed E-state index contributed by atoms with van der Waals surface area (Å²) in [5, 5.41) is 2.92. The van der Waals surface area contributed by atoms with Gasteiger partial charge in [-0.3, -0.25) is 9.78 Å². The van der Waals surface area contributed by atoms with Crippen molar-refractivity contribution < 1.29 is 14.3 Å². The van der Waals surface area contributed by atoms with Crippen LogP contribution in [0.5, 0.6) is 0 Å². The van der Waals surface area contributed by atoms with Gasteiger partial charge in [-0.1, -0.05) is 18.2 Å². The summed E-state index contributed by atoms with van der Waals surface area (Å²) in [6, 6.07) is 9.71. The van der Waals surface area contributed by atoms with Crippen molar-refractivity contribution in [3.8, 4) is 11.1 Å². The third-order valence-corrected chi connectivity index (χ3v) is 4.83. The maximum absolute atomic E-state index is 12.5. The summed E-state index contributed by atoms with van der Waals surface area (Å²) in [4.78, 5) is 28.5. The Balaban J connectivity index is 1.53. The first kappa shape index (κ1) is 15.6. The number of carbonyl (C=O) groups excluding carboxylic acids is 2. The molecule has 132 valence electrons. The Morgan fingerprint density at radius 2 is 2.04 bits per heavy atom. The topological polar surface area (TPSA) is 73.2 Å². The van der Waals surface area contributed by atoms with E-state index in [4.69, 9.17) is 4.74 Å². The molecule has 2 aromatic heterocycles. The van der Waals surface area contributed by atoms with E-state index in [0.717, 1.165) is 27.9 Å². The van der Waals surface area contributed by atoms with E-state index in [2.05, 4.69) is 10.3 Å². The highest BCUT2D eigenvalue weighted by Crippen LogP contribution is 2.35. The molecular formula is C21H15N3O3. The minimum Gasteiger partial charge on any atom is -0.462 e. The number of benzene rings is 1. The van der Waals surface area contributed by atoms with Crippen LogP contribution >= 0.6 is 0 Å². The molecule has 2 aliphatic heterocycles. The van der Waals surface area contributed by atoms with E-state index in [0.29, 0.717) is 24.2 Å². The van der Waals surface area contributed by atoms with Crippen LogP contribution in [-0.2, 0) is 16.0 Å². The number of hydrogen-bond donors (Lipinski definition) is 1. The smallest absolute Gasteiger partial charge is 0.339 e. The van der Waals surface area contributed by atoms with Gasteiger partial charge < -0.3 is 14.6 Å². The highest BCUT2D eigenvalue weighted by molar-refractivity contribution is 6.34. The van der Waals surface area contributed by atoms with Gasteiger partial charge in [-0.2, -0.15) is 0 Å². The van der Waals surface area contributed by atoms with Crippen molar-refractivity contribution in [2.24, 2.45) is 0 Å². The summed E-state index contributed by atoms with van der Waals surface area (Å²) in [7, 11) is 0. The van der Waals surface area contributed by atoms with Crippen molar-refractivity contribution in [2.45, 2.75) is 6.42 Å². The number of hydrogen-bond acceptors (Lipinski definition) is 4. The molecule has 4 heterocycles. The van der Waals surface area contributed by atoms with E-state index in [1.54, 1.807) is 29.4 Å². The largest absolute Gasteiger partial charge is 0.462 e. The highest BCUT2D eigenvalue weighted by Gasteiger charge is 2.26. The summed E-state index contributed by atoms with van der Waals surface area (Å²) in [6.07, 6.45) is 9.53. The Morgan fingerprint density at radius 3 is 2.85 bits per heavy atom. The minimum absolute atomic E-state index is 0.164. The molecule has 3 aromatic rings. The van der Waals surface area contributed by atoms with Gasteiger partial charge in [0.2, 0.25) is 0 Å². The molecule has 0 spiro atoms. The lowest BCUT2D eigenvalue weighted by Crippen LogP contribution is -2.15. The van der Waals surface area contributed by atoms with Crippen LogP contribution in [0.1, 0.15) is 21.5 Å². The van der Waals surface area contributed by atoms with Gasteiger partial charge in [-0.05, 0) is 23.3 Å². The van der Waals surface area contributed by atoms with E-state index in [1.807, 2.05) is 36.5 Å². The molecule has 0 unspecified atom stereocenters. The van der Waals surface area contributed by atoms with E-state index in [1.165, 1.54) is 0 Å². The van der Waals surface area contributed by atoms with Gasteiger partial charge in [0.25, 0.3) is 5.91 Å². The molecule has 2 aliphatic rings. The summed E-state index contributed by atoms with van der Waals surface area (Å²) in [5.74, 6) is -0.478. The first-order valence-electron chi connectivity index (χ1n) is 8.64. The Kier molecular flexibility index (Phi) is 3.43. The second-order valence-corrected chi connectivity index (χ2v) is 6.53. The summed E-state index contributed by atoms with van der Waals surface area (Å²) in [5.41, 5.74) is 5.64. The number of pyridine rings is 1. The van der Waals surface area contributed by atoms with Gasteiger partial charge in [0.1, 0.15) is 0 Å². The van der Waals surface area contributed by atoms with Crippen LogP contribution in [0, 0.1) is 0 Å². The number of amides is 1. The lowest BCUT2D eigenvalue weighted by molar-refractivity contribution is -0.110. The molecule has 1 amide bonds. The molecule has 0 atom stereocenters. The number of cyclic esters (lactones) is 1. The Morgan fingerprint density at radius 1 is 1.11 bits per heavy atom. The van der Waals surface area contributed by atoms with Crippen molar-refractivity contribution >= 4 is 29.3 Å². The zero-order valence-corrected chi connectivity index (χ0v) is 14.3. The van der Waals surface area contributed by atoms with Crippen LogP contribution in [0.25, 0.3) is 22.9 Å². The molecule has 0 radical (unpaired) electrons. The molecule has 5 rings (SSSR count). The number of fused-ring (bicyclic) bond motifs is 2. The number of carbonyl (C=O) groups is 2. The van der Waals surface area contributed by atoms with Gasteiger partial charge >= 0.3 is 5.97 Å². The van der Waals surface area contributed by atoms with Crippen molar-refractivity contribution in [1.82, 2.24) is 9.55 Å². The van der Waals surface area contributed by atoms with Gasteiger partial charge in [-0.15, -0.1) is 0 Å². The SMILES string of the molecule is O=C1Nc2cc(-c3cccnc3)ccc2C1=Cn1cc2c(c1)C(=O)OCC2. The van der Waals surface area contributed by atoms with Crippen LogP contribution in [0.2, 0.25) is 0 Å². The summed E-state index contributed by atoms with van der Waals surface area (Å²) >= 11 is 0. The summed E-state index contributed by atoms with van der Waals surface area (Å²) in [6.45, 7) is 0.396. The third-order valence-electron chi connectivity index (χ3n) is 4.83. The van der Waals surface area contributed by atoms with Crippen LogP contribution in [0.15, 0.2) is 55.1 Å². The number of anilines is 1. The van der Waals surface area contributed by atoms with Crippen LogP contribution in [-0.4, -0.2) is 28.0 Å². The van der Waals surface area contributed by atoms with Crippen LogP contribution in [0.4, 0.5) is 5.69 Å². The average molecular weight is 357 g/mol. The van der Waals surface area contributed by atoms with E-state index in [-0.39, 0.29) is 11.9 Å². The number of nitrogens with zero attached hydrogens (tertiary/aromatic N) is 2. The molecule has 0 aliphatic carbocycles. The fraction of sp³-hybridized carbons (Fsp3) is 0.0952.